The quantitative estimate of drug-likeness (QED) is 0.629. The van der Waals surface area contributed by atoms with Crippen molar-refractivity contribution in [3.63, 3.8) is 0 Å². The fourth-order valence-corrected chi connectivity index (χ4v) is 0.794. The molecule has 0 radical (unpaired) electrons. The molecule has 1 aromatic rings. The summed E-state index contributed by atoms with van der Waals surface area (Å²) in [5.74, 6) is 0. The molecule has 1 heterocycles. The summed E-state index contributed by atoms with van der Waals surface area (Å²) < 4.78 is 0. The Morgan fingerprint density at radius 1 is 1.40 bits per heavy atom. The van der Waals surface area contributed by atoms with E-state index in [2.05, 4.69) is 11.9 Å². The minimum Gasteiger partial charge on any atom is -0.325 e. The molecule has 0 saturated heterocycles. The lowest BCUT2D eigenvalue weighted by Crippen LogP contribution is -2.00. The van der Waals surface area contributed by atoms with Gasteiger partial charge in [0.15, 0.2) is 0 Å². The highest BCUT2D eigenvalue weighted by Gasteiger charge is 1.93. The van der Waals surface area contributed by atoms with Crippen molar-refractivity contribution in [2.45, 2.75) is 20.4 Å². The molecule has 0 fully saturated rings. The molecule has 0 saturated carbocycles. The summed E-state index contributed by atoms with van der Waals surface area (Å²) in [5, 5.41) is 0. The Bertz CT molecular complexity index is 231. The molecule has 0 bridgehead atoms. The van der Waals surface area contributed by atoms with E-state index in [1.54, 1.807) is 0 Å². The Labute approximate surface area is 61.1 Å². The second-order valence-electron chi connectivity index (χ2n) is 2.46. The van der Waals surface area contributed by atoms with Gasteiger partial charge in [-0.3, -0.25) is 4.98 Å². The maximum atomic E-state index is 5.41. The largest absolute Gasteiger partial charge is 0.325 e. The molecule has 0 unspecified atom stereocenters. The molecule has 10 heavy (non-hydrogen) atoms. The highest BCUT2D eigenvalue weighted by atomic mass is 14.7. The molecule has 2 nitrogen and oxygen atoms in total. The number of nitrogens with zero attached hydrogens (tertiary/aromatic N) is 1. The van der Waals surface area contributed by atoms with Gasteiger partial charge >= 0.3 is 0 Å². The number of hydrogen-bond donors (Lipinski definition) is 1. The zero-order chi connectivity index (χ0) is 7.56. The zero-order valence-corrected chi connectivity index (χ0v) is 6.39. The van der Waals surface area contributed by atoms with Crippen LogP contribution in [0.4, 0.5) is 0 Å². The van der Waals surface area contributed by atoms with Crippen LogP contribution >= 0.6 is 0 Å². The summed E-state index contributed by atoms with van der Waals surface area (Å²) in [7, 11) is 0. The number of pyridine rings is 1. The van der Waals surface area contributed by atoms with E-state index in [0.717, 1.165) is 5.69 Å². The first kappa shape index (κ1) is 7.22. The van der Waals surface area contributed by atoms with Gasteiger partial charge in [0, 0.05) is 12.7 Å². The van der Waals surface area contributed by atoms with E-state index in [9.17, 15) is 0 Å². The van der Waals surface area contributed by atoms with Crippen LogP contribution in [-0.4, -0.2) is 4.98 Å². The van der Waals surface area contributed by atoms with Gasteiger partial charge in [-0.25, -0.2) is 0 Å². The Hall–Kier alpha value is -0.890. The van der Waals surface area contributed by atoms with E-state index in [4.69, 9.17) is 5.73 Å². The summed E-state index contributed by atoms with van der Waals surface area (Å²) in [4.78, 5) is 4.13. The van der Waals surface area contributed by atoms with Gasteiger partial charge in [-0.15, -0.1) is 0 Å². The average molecular weight is 136 g/mol. The Balaban J connectivity index is 3.04. The first-order chi connectivity index (χ1) is 4.74. The molecule has 0 spiro atoms. The van der Waals surface area contributed by atoms with Gasteiger partial charge in [0.1, 0.15) is 0 Å². The van der Waals surface area contributed by atoms with E-state index < -0.39 is 0 Å². The molecular formula is C8H12N2. The number of hydrogen-bond acceptors (Lipinski definition) is 2. The summed E-state index contributed by atoms with van der Waals surface area (Å²) in [5.41, 5.74) is 8.85. The van der Waals surface area contributed by atoms with Crippen LogP contribution in [0, 0.1) is 13.8 Å². The predicted molar refractivity (Wildman–Crippen MR) is 41.6 cm³/mol. The van der Waals surface area contributed by atoms with Gasteiger partial charge in [0.2, 0.25) is 0 Å². The molecule has 0 amide bonds. The minimum absolute atomic E-state index is 0.529. The van der Waals surface area contributed by atoms with E-state index in [-0.39, 0.29) is 0 Å². The van der Waals surface area contributed by atoms with Crippen LogP contribution in [0.5, 0.6) is 0 Å². The fraction of sp³-hybridized carbons (Fsp3) is 0.375. The van der Waals surface area contributed by atoms with Gasteiger partial charge in [0.25, 0.3) is 0 Å². The molecular weight excluding hydrogens is 124 g/mol. The second kappa shape index (κ2) is 2.80. The van der Waals surface area contributed by atoms with Gasteiger partial charge in [0.05, 0.1) is 5.69 Å². The maximum Gasteiger partial charge on any atom is 0.0542 e. The van der Waals surface area contributed by atoms with Crippen LogP contribution in [0.25, 0.3) is 0 Å². The topological polar surface area (TPSA) is 38.9 Å². The van der Waals surface area contributed by atoms with Crippen LogP contribution in [0.2, 0.25) is 0 Å². The van der Waals surface area contributed by atoms with Crippen LogP contribution < -0.4 is 5.73 Å². The molecule has 1 rings (SSSR count). The zero-order valence-electron chi connectivity index (χ0n) is 6.39. The first-order valence-electron chi connectivity index (χ1n) is 3.36. The van der Waals surface area contributed by atoms with Gasteiger partial charge in [-0.2, -0.15) is 0 Å². The maximum absolute atomic E-state index is 5.41. The van der Waals surface area contributed by atoms with Crippen LogP contribution in [0.1, 0.15) is 16.8 Å². The summed E-state index contributed by atoms with van der Waals surface area (Å²) in [6, 6.07) is 2.02. The van der Waals surface area contributed by atoms with Gasteiger partial charge in [-0.1, -0.05) is 0 Å². The summed E-state index contributed by atoms with van der Waals surface area (Å²) in [6.07, 6.45) is 1.86. The molecule has 0 atom stereocenters. The predicted octanol–water partition coefficient (Wildman–Crippen LogP) is 1.16. The van der Waals surface area contributed by atoms with Crippen molar-refractivity contribution >= 4 is 0 Å². The van der Waals surface area contributed by atoms with Crippen molar-refractivity contribution in [1.82, 2.24) is 4.98 Å². The Morgan fingerprint density at radius 2 is 2.10 bits per heavy atom. The van der Waals surface area contributed by atoms with E-state index in [1.807, 2.05) is 19.2 Å². The smallest absolute Gasteiger partial charge is 0.0542 e. The van der Waals surface area contributed by atoms with Gasteiger partial charge < -0.3 is 5.73 Å². The monoisotopic (exact) mass is 136 g/mol. The lowest BCUT2D eigenvalue weighted by Gasteiger charge is -2.00. The number of aryl methyl sites for hydroxylation is 2. The molecule has 0 aliphatic rings. The van der Waals surface area contributed by atoms with Crippen LogP contribution in [0.15, 0.2) is 12.3 Å². The molecule has 0 aliphatic carbocycles. The van der Waals surface area contributed by atoms with Crippen molar-refractivity contribution < 1.29 is 0 Å². The SMILES string of the molecule is Cc1cnc(CN)cc1C. The second-order valence-corrected chi connectivity index (χ2v) is 2.46. The van der Waals surface area contributed by atoms with Crippen LogP contribution in [0.3, 0.4) is 0 Å². The number of aromatic nitrogens is 1. The third-order valence-corrected chi connectivity index (χ3v) is 1.64. The third-order valence-electron chi connectivity index (χ3n) is 1.64. The summed E-state index contributed by atoms with van der Waals surface area (Å²) >= 11 is 0. The molecule has 2 heteroatoms. The standard InChI is InChI=1S/C8H12N2/c1-6-3-8(4-9)10-5-7(6)2/h3,5H,4,9H2,1-2H3. The van der Waals surface area contributed by atoms with Gasteiger partial charge in [-0.05, 0) is 31.0 Å². The van der Waals surface area contributed by atoms with Crippen LogP contribution in [-0.2, 0) is 6.54 Å². The Kier molecular flexibility index (Phi) is 2.02. The third kappa shape index (κ3) is 1.33. The number of rotatable bonds is 1. The molecule has 2 N–H and O–H groups in total. The molecule has 0 aliphatic heterocycles. The normalized spacial score (nSPS) is 9.90. The molecule has 0 aromatic carbocycles. The lowest BCUT2D eigenvalue weighted by atomic mass is 10.1. The average Bonchev–Trinajstić information content (AvgIpc) is 1.95. The van der Waals surface area contributed by atoms with E-state index in [0.29, 0.717) is 6.54 Å². The molecule has 54 valence electrons. The minimum atomic E-state index is 0.529. The Morgan fingerprint density at radius 3 is 2.60 bits per heavy atom. The first-order valence-corrected chi connectivity index (χ1v) is 3.36. The van der Waals surface area contributed by atoms with Crippen molar-refractivity contribution in [3.05, 3.63) is 29.1 Å². The van der Waals surface area contributed by atoms with Crippen molar-refractivity contribution in [2.24, 2.45) is 5.73 Å². The lowest BCUT2D eigenvalue weighted by molar-refractivity contribution is 0.976. The van der Waals surface area contributed by atoms with Crippen molar-refractivity contribution in [2.75, 3.05) is 0 Å². The summed E-state index contributed by atoms with van der Waals surface area (Å²) in [6.45, 7) is 4.64. The van der Waals surface area contributed by atoms with Crippen molar-refractivity contribution in [3.8, 4) is 0 Å². The highest BCUT2D eigenvalue weighted by Crippen LogP contribution is 2.05. The molecule has 1 aromatic heterocycles. The van der Waals surface area contributed by atoms with E-state index >= 15 is 0 Å². The number of nitrogens with two attached hydrogens (primary N) is 1. The van der Waals surface area contributed by atoms with E-state index in [1.165, 1.54) is 11.1 Å². The van der Waals surface area contributed by atoms with Crippen molar-refractivity contribution in [1.29, 1.82) is 0 Å². The fourth-order valence-electron chi connectivity index (χ4n) is 0.794. The highest BCUT2D eigenvalue weighted by molar-refractivity contribution is 5.23.